The highest BCUT2D eigenvalue weighted by atomic mass is 19.4. The largest absolute Gasteiger partial charge is 0.493 e. The Bertz CT molecular complexity index is 490. The van der Waals surface area contributed by atoms with Crippen LogP contribution in [0.25, 0.3) is 0 Å². The first-order valence-electron chi connectivity index (χ1n) is 6.62. The number of halogens is 3. The lowest BCUT2D eigenvalue weighted by atomic mass is 9.82. The van der Waals surface area contributed by atoms with E-state index in [9.17, 15) is 18.3 Å². The molecule has 1 aromatic carbocycles. The van der Waals surface area contributed by atoms with Crippen LogP contribution >= 0.6 is 0 Å². The molecule has 0 saturated heterocycles. The van der Waals surface area contributed by atoms with E-state index in [-0.39, 0.29) is 17.7 Å². The van der Waals surface area contributed by atoms with Gasteiger partial charge >= 0.3 is 6.18 Å². The van der Waals surface area contributed by atoms with E-state index < -0.39 is 17.8 Å². The van der Waals surface area contributed by atoms with Crippen molar-refractivity contribution in [2.45, 2.75) is 44.0 Å². The van der Waals surface area contributed by atoms with Crippen LogP contribution in [0.4, 0.5) is 13.2 Å². The van der Waals surface area contributed by atoms with E-state index in [1.165, 1.54) is 19.1 Å². The minimum absolute atomic E-state index is 0.000320. The molecule has 0 bridgehead atoms. The zero-order valence-electron chi connectivity index (χ0n) is 11.2. The topological polar surface area (TPSA) is 55.5 Å². The van der Waals surface area contributed by atoms with Crippen molar-refractivity contribution >= 4 is 0 Å². The second-order valence-electron chi connectivity index (χ2n) is 5.02. The summed E-state index contributed by atoms with van der Waals surface area (Å²) in [7, 11) is 0. The van der Waals surface area contributed by atoms with Crippen molar-refractivity contribution in [1.82, 2.24) is 0 Å². The molecule has 0 aliphatic carbocycles. The summed E-state index contributed by atoms with van der Waals surface area (Å²) in [5, 5.41) is 10.3. The van der Waals surface area contributed by atoms with Gasteiger partial charge in [0.1, 0.15) is 5.75 Å². The SMILES string of the molecule is CCC(N)C(O)(c1cccc2c1OCCC2)C(F)(F)F. The maximum absolute atomic E-state index is 13.4. The summed E-state index contributed by atoms with van der Waals surface area (Å²) < 4.78 is 45.6. The predicted molar refractivity (Wildman–Crippen MR) is 68.5 cm³/mol. The van der Waals surface area contributed by atoms with Crippen molar-refractivity contribution in [2.75, 3.05) is 6.61 Å². The molecule has 1 aliphatic heterocycles. The van der Waals surface area contributed by atoms with Gasteiger partial charge in [0.15, 0.2) is 0 Å². The lowest BCUT2D eigenvalue weighted by molar-refractivity contribution is -0.275. The smallest absolute Gasteiger partial charge is 0.423 e. The second kappa shape index (κ2) is 5.26. The van der Waals surface area contributed by atoms with Gasteiger partial charge in [0.05, 0.1) is 6.61 Å². The third-order valence-electron chi connectivity index (χ3n) is 3.75. The van der Waals surface area contributed by atoms with E-state index in [0.717, 1.165) is 6.42 Å². The van der Waals surface area contributed by atoms with E-state index >= 15 is 0 Å². The fourth-order valence-electron chi connectivity index (χ4n) is 2.55. The van der Waals surface area contributed by atoms with E-state index in [2.05, 4.69) is 0 Å². The van der Waals surface area contributed by atoms with Crippen molar-refractivity contribution in [3.63, 3.8) is 0 Å². The average Bonchev–Trinajstić information content (AvgIpc) is 2.43. The molecule has 0 saturated carbocycles. The molecule has 0 aromatic heterocycles. The number of rotatable bonds is 3. The summed E-state index contributed by atoms with van der Waals surface area (Å²) in [6, 6.07) is 3.01. The van der Waals surface area contributed by atoms with Crippen LogP contribution in [-0.4, -0.2) is 23.9 Å². The quantitative estimate of drug-likeness (QED) is 0.899. The Morgan fingerprint density at radius 3 is 2.70 bits per heavy atom. The Labute approximate surface area is 115 Å². The first kappa shape index (κ1) is 15.1. The van der Waals surface area contributed by atoms with Crippen molar-refractivity contribution < 1.29 is 23.0 Å². The van der Waals surface area contributed by atoms with Crippen molar-refractivity contribution in [3.8, 4) is 5.75 Å². The molecule has 20 heavy (non-hydrogen) atoms. The van der Waals surface area contributed by atoms with Gasteiger partial charge in [-0.2, -0.15) is 13.2 Å². The summed E-state index contributed by atoms with van der Waals surface area (Å²) in [5.74, 6) is 0.127. The molecule has 2 unspecified atom stereocenters. The van der Waals surface area contributed by atoms with Crippen LogP contribution in [0.1, 0.15) is 30.9 Å². The second-order valence-corrected chi connectivity index (χ2v) is 5.02. The van der Waals surface area contributed by atoms with Gasteiger partial charge in [-0.05, 0) is 24.8 Å². The molecule has 2 atom stereocenters. The van der Waals surface area contributed by atoms with Crippen LogP contribution in [0.15, 0.2) is 18.2 Å². The Morgan fingerprint density at radius 1 is 1.40 bits per heavy atom. The lowest BCUT2D eigenvalue weighted by Gasteiger charge is -2.37. The van der Waals surface area contributed by atoms with E-state index in [0.29, 0.717) is 18.6 Å². The van der Waals surface area contributed by atoms with Crippen molar-refractivity contribution in [2.24, 2.45) is 5.73 Å². The van der Waals surface area contributed by atoms with Crippen molar-refractivity contribution in [1.29, 1.82) is 0 Å². The Morgan fingerprint density at radius 2 is 2.10 bits per heavy atom. The van der Waals surface area contributed by atoms with Gasteiger partial charge in [0.25, 0.3) is 0 Å². The number of aliphatic hydroxyl groups is 1. The highest BCUT2D eigenvalue weighted by molar-refractivity contribution is 5.47. The molecule has 1 aromatic rings. The predicted octanol–water partition coefficient (Wildman–Crippen LogP) is 2.50. The van der Waals surface area contributed by atoms with Crippen LogP contribution in [-0.2, 0) is 12.0 Å². The van der Waals surface area contributed by atoms with Crippen LogP contribution in [0, 0.1) is 0 Å². The lowest BCUT2D eigenvalue weighted by Crippen LogP contribution is -2.55. The van der Waals surface area contributed by atoms with Gasteiger partial charge in [-0.1, -0.05) is 25.1 Å². The molecule has 2 rings (SSSR count). The average molecular weight is 289 g/mol. The molecule has 3 N–H and O–H groups in total. The van der Waals surface area contributed by atoms with Crippen LogP contribution < -0.4 is 10.5 Å². The summed E-state index contributed by atoms with van der Waals surface area (Å²) in [5.41, 5.74) is 2.88. The van der Waals surface area contributed by atoms with Crippen LogP contribution in [0.2, 0.25) is 0 Å². The van der Waals surface area contributed by atoms with Crippen molar-refractivity contribution in [3.05, 3.63) is 29.3 Å². The number of ether oxygens (including phenoxy) is 1. The zero-order chi connectivity index (χ0) is 15.0. The van der Waals surface area contributed by atoms with Gasteiger partial charge in [-0.15, -0.1) is 0 Å². The molecule has 1 aliphatic rings. The van der Waals surface area contributed by atoms with Gasteiger partial charge in [-0.25, -0.2) is 0 Å². The maximum atomic E-state index is 13.4. The molecule has 3 nitrogen and oxygen atoms in total. The molecule has 0 fully saturated rings. The highest BCUT2D eigenvalue weighted by Crippen LogP contribution is 2.46. The zero-order valence-corrected chi connectivity index (χ0v) is 11.2. The summed E-state index contributed by atoms with van der Waals surface area (Å²) >= 11 is 0. The molecular weight excluding hydrogens is 271 g/mol. The Hall–Kier alpha value is -1.27. The third kappa shape index (κ3) is 2.27. The number of alkyl halides is 3. The number of hydrogen-bond donors (Lipinski definition) is 2. The first-order chi connectivity index (χ1) is 9.32. The molecule has 0 spiro atoms. The molecular formula is C14H18F3NO2. The monoisotopic (exact) mass is 289 g/mol. The summed E-state index contributed by atoms with van der Waals surface area (Å²) in [4.78, 5) is 0. The highest BCUT2D eigenvalue weighted by Gasteiger charge is 2.59. The molecule has 1 heterocycles. The van der Waals surface area contributed by atoms with E-state index in [4.69, 9.17) is 10.5 Å². The minimum atomic E-state index is -4.86. The fourth-order valence-corrected chi connectivity index (χ4v) is 2.55. The number of aryl methyl sites for hydroxylation is 1. The van der Waals surface area contributed by atoms with Crippen LogP contribution in [0.5, 0.6) is 5.75 Å². The first-order valence-corrected chi connectivity index (χ1v) is 6.62. The number of hydrogen-bond acceptors (Lipinski definition) is 3. The Balaban J connectivity index is 2.61. The number of para-hydroxylation sites is 1. The molecule has 112 valence electrons. The molecule has 0 amide bonds. The summed E-state index contributed by atoms with van der Waals surface area (Å²) in [6.45, 7) is 1.86. The van der Waals surface area contributed by atoms with Gasteiger partial charge in [-0.3, -0.25) is 0 Å². The van der Waals surface area contributed by atoms with Gasteiger partial charge < -0.3 is 15.6 Å². The molecule has 0 radical (unpaired) electrons. The van der Waals surface area contributed by atoms with Gasteiger partial charge in [0.2, 0.25) is 5.60 Å². The van der Waals surface area contributed by atoms with E-state index in [1.54, 1.807) is 6.07 Å². The number of benzene rings is 1. The normalized spacial score (nSPS) is 19.7. The number of fused-ring (bicyclic) bond motifs is 1. The van der Waals surface area contributed by atoms with E-state index in [1.807, 2.05) is 0 Å². The standard InChI is InChI=1S/C14H18F3NO2/c1-2-11(18)13(19,14(15,16)17)10-7-3-5-9-6-4-8-20-12(9)10/h3,5,7,11,19H,2,4,6,8,18H2,1H3. The minimum Gasteiger partial charge on any atom is -0.493 e. The fraction of sp³-hybridized carbons (Fsp3) is 0.571. The van der Waals surface area contributed by atoms with Gasteiger partial charge in [0, 0.05) is 11.6 Å². The Kier molecular flexibility index (Phi) is 3.97. The maximum Gasteiger partial charge on any atom is 0.423 e. The van der Waals surface area contributed by atoms with Crippen LogP contribution in [0.3, 0.4) is 0 Å². The summed E-state index contributed by atoms with van der Waals surface area (Å²) in [6.07, 6.45) is -3.47. The number of nitrogens with two attached hydrogens (primary N) is 1. The third-order valence-corrected chi connectivity index (χ3v) is 3.75. The molecule has 6 heteroatoms.